The van der Waals surface area contributed by atoms with E-state index in [2.05, 4.69) is 0 Å². The number of anilines is 2. The third kappa shape index (κ3) is 3.24. The minimum absolute atomic E-state index is 0.743. The lowest BCUT2D eigenvalue weighted by Gasteiger charge is -2.31. The number of hydrogen-bond donors (Lipinski definition) is 1. The predicted octanol–water partition coefficient (Wildman–Crippen LogP) is 4.65. The van der Waals surface area contributed by atoms with Crippen LogP contribution < -0.4 is 4.90 Å². The third-order valence-electron chi connectivity index (χ3n) is 3.68. The average molecular weight is 303 g/mol. The highest BCUT2D eigenvalue weighted by Gasteiger charge is 2.28. The summed E-state index contributed by atoms with van der Waals surface area (Å²) in [7, 11) is 0. The summed E-state index contributed by atoms with van der Waals surface area (Å²) in [5.41, 5.74) is 2.43. The number of benzene rings is 3. The van der Waals surface area contributed by atoms with E-state index in [0.717, 1.165) is 16.9 Å². The van der Waals surface area contributed by atoms with Gasteiger partial charge < -0.3 is 10.0 Å². The van der Waals surface area contributed by atoms with E-state index >= 15 is 0 Å². The summed E-state index contributed by atoms with van der Waals surface area (Å²) in [4.78, 5) is 13.9. The van der Waals surface area contributed by atoms with Gasteiger partial charge in [-0.3, -0.25) is 0 Å². The maximum Gasteiger partial charge on any atom is 0.331 e. The van der Waals surface area contributed by atoms with E-state index in [4.69, 9.17) is 0 Å². The van der Waals surface area contributed by atoms with Gasteiger partial charge in [0.1, 0.15) is 0 Å². The Kier molecular flexibility index (Phi) is 4.39. The van der Waals surface area contributed by atoms with Crippen LogP contribution in [0.1, 0.15) is 11.6 Å². The molecule has 0 aromatic heterocycles. The van der Waals surface area contributed by atoms with Crippen molar-refractivity contribution in [3.8, 4) is 0 Å². The summed E-state index contributed by atoms with van der Waals surface area (Å²) in [6.45, 7) is 0. The minimum atomic E-state index is -0.885. The van der Waals surface area contributed by atoms with Gasteiger partial charge in [0.2, 0.25) is 0 Å². The molecule has 0 radical (unpaired) electrons. The summed E-state index contributed by atoms with van der Waals surface area (Å²) >= 11 is 0. The number of carbonyl (C=O) groups is 1. The van der Waals surface area contributed by atoms with Crippen molar-refractivity contribution in [1.82, 2.24) is 0 Å². The van der Waals surface area contributed by atoms with Gasteiger partial charge >= 0.3 is 5.97 Å². The Morgan fingerprint density at radius 2 is 1.09 bits per heavy atom. The Hall–Kier alpha value is -3.07. The van der Waals surface area contributed by atoms with Crippen LogP contribution in [-0.2, 0) is 4.79 Å². The van der Waals surface area contributed by atoms with Crippen LogP contribution in [0.3, 0.4) is 0 Å². The molecule has 0 fully saturated rings. The maximum atomic E-state index is 12.0. The van der Waals surface area contributed by atoms with E-state index in [9.17, 15) is 9.90 Å². The quantitative estimate of drug-likeness (QED) is 0.746. The van der Waals surface area contributed by atoms with Crippen LogP contribution in [0.25, 0.3) is 0 Å². The summed E-state index contributed by atoms with van der Waals surface area (Å²) in [5.74, 6) is -0.885. The van der Waals surface area contributed by atoms with Crippen LogP contribution in [-0.4, -0.2) is 11.1 Å². The van der Waals surface area contributed by atoms with Crippen molar-refractivity contribution < 1.29 is 9.90 Å². The Morgan fingerprint density at radius 3 is 1.48 bits per heavy atom. The van der Waals surface area contributed by atoms with E-state index in [0.29, 0.717) is 0 Å². The first-order chi connectivity index (χ1) is 11.3. The predicted molar refractivity (Wildman–Crippen MR) is 91.8 cm³/mol. The second-order valence-electron chi connectivity index (χ2n) is 5.19. The molecule has 0 aliphatic rings. The van der Waals surface area contributed by atoms with Crippen molar-refractivity contribution in [3.05, 3.63) is 96.6 Å². The first-order valence-corrected chi connectivity index (χ1v) is 7.44. The molecule has 0 heterocycles. The van der Waals surface area contributed by atoms with Gasteiger partial charge in [-0.2, -0.15) is 0 Å². The number of hydrogen-bond acceptors (Lipinski definition) is 2. The van der Waals surface area contributed by atoms with E-state index in [1.807, 2.05) is 95.9 Å². The van der Waals surface area contributed by atoms with E-state index in [1.54, 1.807) is 0 Å². The SMILES string of the molecule is O=C(O)C(c1ccccc1)N(c1ccccc1)c1ccccc1. The molecule has 3 nitrogen and oxygen atoms in total. The number of rotatable bonds is 5. The van der Waals surface area contributed by atoms with Crippen LogP contribution in [0.4, 0.5) is 11.4 Å². The highest BCUT2D eigenvalue weighted by Crippen LogP contribution is 2.35. The van der Waals surface area contributed by atoms with Crippen molar-refractivity contribution >= 4 is 17.3 Å². The molecule has 0 amide bonds. The zero-order chi connectivity index (χ0) is 16.1. The summed E-state index contributed by atoms with van der Waals surface area (Å²) in [6.07, 6.45) is 0. The van der Waals surface area contributed by atoms with Gasteiger partial charge in [-0.25, -0.2) is 4.79 Å². The Balaban J connectivity index is 2.15. The van der Waals surface area contributed by atoms with Gasteiger partial charge in [0.25, 0.3) is 0 Å². The number of aliphatic carboxylic acids is 1. The molecule has 3 rings (SSSR count). The zero-order valence-corrected chi connectivity index (χ0v) is 12.5. The molecule has 0 spiro atoms. The second-order valence-corrected chi connectivity index (χ2v) is 5.19. The van der Waals surface area contributed by atoms with E-state index < -0.39 is 12.0 Å². The van der Waals surface area contributed by atoms with Crippen molar-refractivity contribution in [2.45, 2.75) is 6.04 Å². The number of carboxylic acids is 1. The zero-order valence-electron chi connectivity index (χ0n) is 12.5. The molecule has 3 aromatic carbocycles. The monoisotopic (exact) mass is 303 g/mol. The lowest BCUT2D eigenvalue weighted by Crippen LogP contribution is -2.30. The molecule has 0 saturated carbocycles. The van der Waals surface area contributed by atoms with Gasteiger partial charge in [0.15, 0.2) is 6.04 Å². The van der Waals surface area contributed by atoms with Gasteiger partial charge in [0, 0.05) is 11.4 Å². The fourth-order valence-corrected chi connectivity index (χ4v) is 2.66. The molecule has 3 heteroatoms. The smallest absolute Gasteiger partial charge is 0.331 e. The van der Waals surface area contributed by atoms with E-state index in [1.165, 1.54) is 0 Å². The van der Waals surface area contributed by atoms with Gasteiger partial charge in [0.05, 0.1) is 0 Å². The average Bonchev–Trinajstić information content (AvgIpc) is 2.61. The standard InChI is InChI=1S/C20H17NO2/c22-20(23)19(16-10-4-1-5-11-16)21(17-12-6-2-7-13-17)18-14-8-3-9-15-18/h1-15,19H,(H,22,23). The third-order valence-corrected chi connectivity index (χ3v) is 3.68. The number of nitrogens with zero attached hydrogens (tertiary/aromatic N) is 1. The number of para-hydroxylation sites is 2. The van der Waals surface area contributed by atoms with E-state index in [-0.39, 0.29) is 0 Å². The normalized spacial score (nSPS) is 11.7. The summed E-state index contributed by atoms with van der Waals surface area (Å²) in [6, 6.07) is 27.7. The Bertz CT molecular complexity index is 718. The molecular weight excluding hydrogens is 286 g/mol. The summed E-state index contributed by atoms with van der Waals surface area (Å²) < 4.78 is 0. The molecule has 23 heavy (non-hydrogen) atoms. The lowest BCUT2D eigenvalue weighted by molar-refractivity contribution is -0.138. The Labute approximate surface area is 135 Å². The van der Waals surface area contributed by atoms with Gasteiger partial charge in [-0.15, -0.1) is 0 Å². The number of carboxylic acid groups (broad SMARTS) is 1. The van der Waals surface area contributed by atoms with Crippen LogP contribution in [0, 0.1) is 0 Å². The van der Waals surface area contributed by atoms with Crippen LogP contribution in [0.2, 0.25) is 0 Å². The molecule has 1 N–H and O–H groups in total. The molecule has 0 saturated heterocycles. The lowest BCUT2D eigenvalue weighted by atomic mass is 10.0. The maximum absolute atomic E-state index is 12.0. The Morgan fingerprint density at radius 1 is 0.696 bits per heavy atom. The van der Waals surface area contributed by atoms with Crippen LogP contribution >= 0.6 is 0 Å². The first-order valence-electron chi connectivity index (χ1n) is 7.44. The van der Waals surface area contributed by atoms with Crippen LogP contribution in [0.15, 0.2) is 91.0 Å². The molecule has 3 aromatic rings. The van der Waals surface area contributed by atoms with Gasteiger partial charge in [-0.1, -0.05) is 66.7 Å². The molecule has 0 bridgehead atoms. The molecular formula is C20H17NO2. The van der Waals surface area contributed by atoms with Crippen molar-refractivity contribution in [2.75, 3.05) is 4.90 Å². The molecule has 114 valence electrons. The minimum Gasteiger partial charge on any atom is -0.479 e. The second kappa shape index (κ2) is 6.79. The molecule has 1 unspecified atom stereocenters. The van der Waals surface area contributed by atoms with Crippen molar-refractivity contribution in [3.63, 3.8) is 0 Å². The molecule has 0 aliphatic heterocycles. The molecule has 0 aliphatic carbocycles. The van der Waals surface area contributed by atoms with Crippen molar-refractivity contribution in [1.29, 1.82) is 0 Å². The van der Waals surface area contributed by atoms with Crippen molar-refractivity contribution in [2.24, 2.45) is 0 Å². The van der Waals surface area contributed by atoms with Gasteiger partial charge in [-0.05, 0) is 29.8 Å². The topological polar surface area (TPSA) is 40.5 Å². The fourth-order valence-electron chi connectivity index (χ4n) is 2.66. The first kappa shape index (κ1) is 14.9. The summed E-state index contributed by atoms with van der Waals surface area (Å²) in [5, 5.41) is 9.88. The highest BCUT2D eigenvalue weighted by molar-refractivity contribution is 5.84. The fraction of sp³-hybridized carbons (Fsp3) is 0.0500. The largest absolute Gasteiger partial charge is 0.479 e. The van der Waals surface area contributed by atoms with Crippen LogP contribution in [0.5, 0.6) is 0 Å². The molecule has 1 atom stereocenters. The highest BCUT2D eigenvalue weighted by atomic mass is 16.4.